The van der Waals surface area contributed by atoms with Gasteiger partial charge >= 0.3 is 0 Å². The summed E-state index contributed by atoms with van der Waals surface area (Å²) in [5.74, 6) is -0.414. The molecule has 0 unspecified atom stereocenters. The minimum atomic E-state index is -0.274. The number of rotatable bonds is 5. The van der Waals surface area contributed by atoms with Crippen LogP contribution in [-0.2, 0) is 9.59 Å². The summed E-state index contributed by atoms with van der Waals surface area (Å²) in [6, 6.07) is 14.5. The molecule has 0 aliphatic rings. The summed E-state index contributed by atoms with van der Waals surface area (Å²) in [7, 11) is 0. The molecule has 27 heavy (non-hydrogen) atoms. The van der Waals surface area contributed by atoms with Crippen molar-refractivity contribution in [2.24, 2.45) is 5.92 Å². The molecule has 0 fully saturated rings. The smallest absolute Gasteiger partial charge is 0.248 e. The molecule has 0 saturated carbocycles. The number of anilines is 2. The number of aromatic nitrogens is 2. The van der Waals surface area contributed by atoms with Gasteiger partial charge in [-0.05, 0) is 42.5 Å². The van der Waals surface area contributed by atoms with E-state index >= 15 is 0 Å². The lowest BCUT2D eigenvalue weighted by Gasteiger charge is -2.08. The average molecular weight is 360 g/mol. The Hall–Kier alpha value is -3.54. The van der Waals surface area contributed by atoms with E-state index in [-0.39, 0.29) is 17.7 Å². The van der Waals surface area contributed by atoms with Crippen molar-refractivity contribution in [3.8, 4) is 0 Å². The SMILES string of the molecule is CC(C)C(=O)Nc1ccc(NC(=O)/C=C/c2cnc3ccccc3n2)cc1. The van der Waals surface area contributed by atoms with Gasteiger partial charge in [-0.2, -0.15) is 0 Å². The highest BCUT2D eigenvalue weighted by Gasteiger charge is 2.07. The minimum Gasteiger partial charge on any atom is -0.326 e. The number of benzene rings is 2. The standard InChI is InChI=1S/C21H20N4O2/c1-14(2)21(27)25-16-9-7-15(8-10-16)24-20(26)12-11-17-13-22-18-5-3-4-6-19(18)23-17/h3-14H,1-2H3,(H,24,26)(H,25,27)/b12-11+. The lowest BCUT2D eigenvalue weighted by Crippen LogP contribution is -2.17. The Labute approximate surface area is 157 Å². The maximum absolute atomic E-state index is 12.1. The minimum absolute atomic E-state index is 0.0498. The molecule has 0 radical (unpaired) electrons. The van der Waals surface area contributed by atoms with Gasteiger partial charge in [-0.25, -0.2) is 4.98 Å². The molecule has 0 saturated heterocycles. The summed E-state index contributed by atoms with van der Waals surface area (Å²) in [6.07, 6.45) is 4.65. The fourth-order valence-electron chi connectivity index (χ4n) is 2.32. The molecule has 136 valence electrons. The van der Waals surface area contributed by atoms with Crippen molar-refractivity contribution in [1.82, 2.24) is 9.97 Å². The van der Waals surface area contributed by atoms with Crippen LogP contribution >= 0.6 is 0 Å². The van der Waals surface area contributed by atoms with Gasteiger partial charge in [-0.15, -0.1) is 0 Å². The van der Waals surface area contributed by atoms with E-state index < -0.39 is 0 Å². The summed E-state index contributed by atoms with van der Waals surface area (Å²) < 4.78 is 0. The van der Waals surface area contributed by atoms with E-state index in [2.05, 4.69) is 20.6 Å². The molecular formula is C21H20N4O2. The molecule has 1 aromatic heterocycles. The van der Waals surface area contributed by atoms with Crippen LogP contribution in [0, 0.1) is 5.92 Å². The van der Waals surface area contributed by atoms with Crippen LogP contribution in [0.3, 0.4) is 0 Å². The number of nitrogens with zero attached hydrogens (tertiary/aromatic N) is 2. The fraction of sp³-hybridized carbons (Fsp3) is 0.143. The normalized spacial score (nSPS) is 11.1. The first kappa shape index (κ1) is 18.3. The van der Waals surface area contributed by atoms with E-state index in [1.807, 2.05) is 38.1 Å². The summed E-state index contributed by atoms with van der Waals surface area (Å²) in [5.41, 5.74) is 3.52. The van der Waals surface area contributed by atoms with Crippen molar-refractivity contribution in [2.45, 2.75) is 13.8 Å². The highest BCUT2D eigenvalue weighted by molar-refractivity contribution is 6.02. The Kier molecular flexibility index (Phi) is 5.56. The number of amides is 2. The van der Waals surface area contributed by atoms with Crippen molar-refractivity contribution in [3.63, 3.8) is 0 Å². The number of hydrogen-bond donors (Lipinski definition) is 2. The van der Waals surface area contributed by atoms with E-state index in [1.54, 1.807) is 36.5 Å². The van der Waals surface area contributed by atoms with Gasteiger partial charge in [0.15, 0.2) is 0 Å². The third-order valence-corrected chi connectivity index (χ3v) is 3.82. The molecule has 1 heterocycles. The van der Waals surface area contributed by atoms with Gasteiger partial charge in [-0.1, -0.05) is 26.0 Å². The number of fused-ring (bicyclic) bond motifs is 1. The van der Waals surface area contributed by atoms with Gasteiger partial charge < -0.3 is 10.6 Å². The molecule has 0 aliphatic carbocycles. The van der Waals surface area contributed by atoms with Crippen molar-refractivity contribution < 1.29 is 9.59 Å². The van der Waals surface area contributed by atoms with Crippen LogP contribution in [-0.4, -0.2) is 21.8 Å². The number of hydrogen-bond acceptors (Lipinski definition) is 4. The zero-order chi connectivity index (χ0) is 19.2. The summed E-state index contributed by atoms with van der Waals surface area (Å²) in [6.45, 7) is 3.66. The first-order chi connectivity index (χ1) is 13.0. The molecule has 2 aromatic carbocycles. The Morgan fingerprint density at radius 1 is 0.926 bits per heavy atom. The van der Waals surface area contributed by atoms with E-state index in [9.17, 15) is 9.59 Å². The Morgan fingerprint density at radius 3 is 2.22 bits per heavy atom. The predicted octanol–water partition coefficient (Wildman–Crippen LogP) is 3.88. The van der Waals surface area contributed by atoms with Crippen molar-refractivity contribution in [2.75, 3.05) is 10.6 Å². The zero-order valence-corrected chi connectivity index (χ0v) is 15.1. The largest absolute Gasteiger partial charge is 0.326 e. The van der Waals surface area contributed by atoms with Gasteiger partial charge in [0.1, 0.15) is 0 Å². The molecule has 2 amide bonds. The summed E-state index contributed by atoms with van der Waals surface area (Å²) in [4.78, 5) is 32.5. The lowest BCUT2D eigenvalue weighted by atomic mass is 10.2. The molecule has 3 rings (SSSR count). The molecule has 0 aliphatic heterocycles. The Morgan fingerprint density at radius 2 is 1.56 bits per heavy atom. The second-order valence-electron chi connectivity index (χ2n) is 6.33. The number of carbonyl (C=O) groups excluding carboxylic acids is 2. The third-order valence-electron chi connectivity index (χ3n) is 3.82. The van der Waals surface area contributed by atoms with E-state index in [0.717, 1.165) is 11.0 Å². The maximum Gasteiger partial charge on any atom is 0.248 e. The van der Waals surface area contributed by atoms with Crippen LogP contribution in [0.2, 0.25) is 0 Å². The van der Waals surface area contributed by atoms with Crippen LogP contribution in [0.4, 0.5) is 11.4 Å². The summed E-state index contributed by atoms with van der Waals surface area (Å²) >= 11 is 0. The molecule has 0 atom stereocenters. The molecule has 0 bridgehead atoms. The molecule has 6 nitrogen and oxygen atoms in total. The van der Waals surface area contributed by atoms with Crippen molar-refractivity contribution >= 4 is 40.3 Å². The molecule has 0 spiro atoms. The van der Waals surface area contributed by atoms with Gasteiger partial charge in [-0.3, -0.25) is 14.6 Å². The third kappa shape index (κ3) is 4.98. The number of nitrogens with one attached hydrogen (secondary N) is 2. The highest BCUT2D eigenvalue weighted by atomic mass is 16.2. The Balaban J connectivity index is 1.61. The average Bonchev–Trinajstić information content (AvgIpc) is 2.67. The van der Waals surface area contributed by atoms with Gasteiger partial charge in [0.25, 0.3) is 0 Å². The number of carbonyl (C=O) groups is 2. The van der Waals surface area contributed by atoms with Crippen molar-refractivity contribution in [3.05, 3.63) is 66.5 Å². The fourth-order valence-corrected chi connectivity index (χ4v) is 2.32. The van der Waals surface area contributed by atoms with E-state index in [1.165, 1.54) is 6.08 Å². The molecular weight excluding hydrogens is 340 g/mol. The monoisotopic (exact) mass is 360 g/mol. The quantitative estimate of drug-likeness (QED) is 0.677. The second-order valence-corrected chi connectivity index (χ2v) is 6.33. The van der Waals surface area contributed by atoms with Crippen LogP contribution in [0.15, 0.2) is 60.8 Å². The predicted molar refractivity (Wildman–Crippen MR) is 107 cm³/mol. The molecule has 2 N–H and O–H groups in total. The number of para-hydroxylation sites is 2. The van der Waals surface area contributed by atoms with E-state index in [0.29, 0.717) is 17.1 Å². The van der Waals surface area contributed by atoms with Crippen LogP contribution in [0.5, 0.6) is 0 Å². The summed E-state index contributed by atoms with van der Waals surface area (Å²) in [5, 5.41) is 5.57. The Bertz CT molecular complexity index is 994. The van der Waals surface area contributed by atoms with E-state index in [4.69, 9.17) is 0 Å². The van der Waals surface area contributed by atoms with Crippen LogP contribution < -0.4 is 10.6 Å². The molecule has 6 heteroatoms. The van der Waals surface area contributed by atoms with Gasteiger partial charge in [0.2, 0.25) is 11.8 Å². The second kappa shape index (κ2) is 8.23. The van der Waals surface area contributed by atoms with Gasteiger partial charge in [0.05, 0.1) is 22.9 Å². The van der Waals surface area contributed by atoms with Crippen LogP contribution in [0.25, 0.3) is 17.1 Å². The zero-order valence-electron chi connectivity index (χ0n) is 15.1. The highest BCUT2D eigenvalue weighted by Crippen LogP contribution is 2.15. The van der Waals surface area contributed by atoms with Crippen LogP contribution in [0.1, 0.15) is 19.5 Å². The van der Waals surface area contributed by atoms with Gasteiger partial charge in [0, 0.05) is 23.4 Å². The molecule has 3 aromatic rings. The first-order valence-corrected chi connectivity index (χ1v) is 8.63. The lowest BCUT2D eigenvalue weighted by molar-refractivity contribution is -0.119. The first-order valence-electron chi connectivity index (χ1n) is 8.63. The topological polar surface area (TPSA) is 84.0 Å². The van der Waals surface area contributed by atoms with Crippen molar-refractivity contribution in [1.29, 1.82) is 0 Å². The maximum atomic E-state index is 12.1.